The maximum atomic E-state index is 13.1. The highest BCUT2D eigenvalue weighted by molar-refractivity contribution is 5.69. The van der Waals surface area contributed by atoms with E-state index < -0.39 is 29.8 Å². The minimum absolute atomic E-state index is 0.475. The minimum atomic E-state index is -5.87. The number of methoxy groups -OCH3 is 1. The lowest BCUT2D eigenvalue weighted by Gasteiger charge is -2.38. The first-order valence-corrected chi connectivity index (χ1v) is 5.77. The zero-order chi connectivity index (χ0) is 17.2. The molecule has 0 saturated carbocycles. The van der Waals surface area contributed by atoms with E-state index in [1.54, 1.807) is 6.92 Å². The van der Waals surface area contributed by atoms with E-state index in [2.05, 4.69) is 4.74 Å². The molecular weight excluding hydrogens is 318 g/mol. The number of amides is 1. The summed E-state index contributed by atoms with van der Waals surface area (Å²) in [4.78, 5) is 11.0. The molecular formula is C12H12F6N2O2. The Labute approximate surface area is 121 Å². The van der Waals surface area contributed by atoms with Crippen molar-refractivity contribution in [2.24, 2.45) is 0 Å². The van der Waals surface area contributed by atoms with Crippen LogP contribution in [0.15, 0.2) is 24.3 Å². The molecule has 124 valence electrons. The van der Waals surface area contributed by atoms with Crippen molar-refractivity contribution in [1.29, 1.82) is 0 Å². The highest BCUT2D eigenvalue weighted by atomic mass is 19.4. The van der Waals surface area contributed by atoms with Gasteiger partial charge in [0.25, 0.3) is 0 Å². The summed E-state index contributed by atoms with van der Waals surface area (Å²) in [5, 5.41) is 2.10. The monoisotopic (exact) mass is 330 g/mol. The summed E-state index contributed by atoms with van der Waals surface area (Å²) in [7, 11) is 0.652. The van der Waals surface area contributed by atoms with Crippen molar-refractivity contribution in [2.45, 2.75) is 24.9 Å². The molecule has 2 N–H and O–H groups in total. The number of benzene rings is 1. The zero-order valence-electron chi connectivity index (χ0n) is 11.4. The van der Waals surface area contributed by atoms with E-state index in [4.69, 9.17) is 0 Å². The van der Waals surface area contributed by atoms with Crippen LogP contribution in [0.5, 0.6) is 0 Å². The van der Waals surface area contributed by atoms with Crippen molar-refractivity contribution in [3.05, 3.63) is 29.8 Å². The molecule has 0 radical (unpaired) electrons. The molecule has 0 aliphatic carbocycles. The van der Waals surface area contributed by atoms with Crippen LogP contribution in [0.4, 0.5) is 36.8 Å². The van der Waals surface area contributed by atoms with Crippen molar-refractivity contribution < 1.29 is 35.9 Å². The first-order chi connectivity index (χ1) is 9.93. The number of nitrogens with one attached hydrogen (secondary N) is 2. The standard InChI is InChI=1S/C12H12F6N2O2/c1-7-3-5-8(6-4-7)19-10(11(13,14)15,12(16,17)18)20-9(21)22-2/h3-6,19H,1-2H3,(H,20,21). The fourth-order valence-electron chi connectivity index (χ4n) is 1.53. The maximum Gasteiger partial charge on any atom is 0.439 e. The van der Waals surface area contributed by atoms with Gasteiger partial charge in [0.1, 0.15) is 0 Å². The number of carbonyl (C=O) groups is 1. The number of carbonyl (C=O) groups excluding carboxylic acids is 1. The molecule has 1 rings (SSSR count). The lowest BCUT2D eigenvalue weighted by Crippen LogP contribution is -2.72. The summed E-state index contributed by atoms with van der Waals surface area (Å²) in [5.74, 6) is 0. The van der Waals surface area contributed by atoms with E-state index in [-0.39, 0.29) is 0 Å². The van der Waals surface area contributed by atoms with E-state index in [1.807, 2.05) is 0 Å². The summed E-state index contributed by atoms with van der Waals surface area (Å²) < 4.78 is 82.3. The Balaban J connectivity index is 3.35. The van der Waals surface area contributed by atoms with Gasteiger partial charge in [0.2, 0.25) is 0 Å². The van der Waals surface area contributed by atoms with Crippen LogP contribution in [0.3, 0.4) is 0 Å². The fourth-order valence-corrected chi connectivity index (χ4v) is 1.53. The molecule has 10 heteroatoms. The Hall–Kier alpha value is -2.13. The molecule has 1 amide bonds. The number of alkyl halides is 6. The van der Waals surface area contributed by atoms with E-state index >= 15 is 0 Å². The molecule has 0 aliphatic rings. The largest absolute Gasteiger partial charge is 0.453 e. The number of hydrogen-bond donors (Lipinski definition) is 2. The number of alkyl carbamates (subject to hydrolysis) is 1. The summed E-state index contributed by atoms with van der Waals surface area (Å²) in [6.45, 7) is 1.61. The molecule has 1 aromatic rings. The molecule has 4 nitrogen and oxygen atoms in total. The van der Waals surface area contributed by atoms with Crippen LogP contribution in [0.1, 0.15) is 5.56 Å². The number of anilines is 1. The van der Waals surface area contributed by atoms with Gasteiger partial charge < -0.3 is 10.1 Å². The average Bonchev–Trinajstić information content (AvgIpc) is 2.37. The van der Waals surface area contributed by atoms with Gasteiger partial charge in [-0.25, -0.2) is 4.79 Å². The molecule has 0 bridgehead atoms. The Morgan fingerprint density at radius 1 is 1.00 bits per heavy atom. The normalized spacial score (nSPS) is 12.7. The molecule has 22 heavy (non-hydrogen) atoms. The lowest BCUT2D eigenvalue weighted by atomic mass is 10.1. The summed E-state index contributed by atoms with van der Waals surface area (Å²) in [5.41, 5.74) is -4.52. The first-order valence-electron chi connectivity index (χ1n) is 5.77. The second-order valence-corrected chi connectivity index (χ2v) is 4.35. The molecule has 1 aromatic carbocycles. The smallest absolute Gasteiger partial charge is 0.439 e. The van der Waals surface area contributed by atoms with Crippen molar-refractivity contribution in [3.63, 3.8) is 0 Å². The van der Waals surface area contributed by atoms with Gasteiger partial charge in [-0.2, -0.15) is 26.3 Å². The third kappa shape index (κ3) is 3.55. The highest BCUT2D eigenvalue weighted by Crippen LogP contribution is 2.43. The predicted octanol–water partition coefficient (Wildman–Crippen LogP) is 3.58. The minimum Gasteiger partial charge on any atom is -0.453 e. The van der Waals surface area contributed by atoms with Crippen LogP contribution in [0, 0.1) is 6.92 Å². The Kier molecular flexibility index (Phi) is 4.83. The predicted molar refractivity (Wildman–Crippen MR) is 65.2 cm³/mol. The highest BCUT2D eigenvalue weighted by Gasteiger charge is 2.73. The third-order valence-electron chi connectivity index (χ3n) is 2.71. The molecule has 0 atom stereocenters. The number of hydrogen-bond acceptors (Lipinski definition) is 3. The Morgan fingerprint density at radius 3 is 1.82 bits per heavy atom. The van der Waals surface area contributed by atoms with Gasteiger partial charge in [0, 0.05) is 5.69 Å². The second kappa shape index (κ2) is 5.93. The maximum absolute atomic E-state index is 13.1. The third-order valence-corrected chi connectivity index (χ3v) is 2.71. The van der Waals surface area contributed by atoms with Gasteiger partial charge in [-0.15, -0.1) is 0 Å². The molecule has 0 aromatic heterocycles. The van der Waals surface area contributed by atoms with Crippen LogP contribution in [0.25, 0.3) is 0 Å². The number of rotatable bonds is 3. The fraction of sp³-hybridized carbons (Fsp3) is 0.417. The first kappa shape index (κ1) is 17.9. The van der Waals surface area contributed by atoms with Gasteiger partial charge in [0.05, 0.1) is 7.11 Å². The van der Waals surface area contributed by atoms with E-state index in [0.717, 1.165) is 17.4 Å². The Morgan fingerprint density at radius 2 is 1.45 bits per heavy atom. The van der Waals surface area contributed by atoms with E-state index in [1.165, 1.54) is 17.4 Å². The lowest BCUT2D eigenvalue weighted by molar-refractivity contribution is -0.294. The Bertz CT molecular complexity index is 510. The molecule has 0 spiro atoms. The summed E-state index contributed by atoms with van der Waals surface area (Å²) in [6, 6.07) is 4.69. The van der Waals surface area contributed by atoms with Crippen LogP contribution in [0.2, 0.25) is 0 Å². The molecule has 0 heterocycles. The van der Waals surface area contributed by atoms with Crippen molar-refractivity contribution in [1.82, 2.24) is 5.32 Å². The van der Waals surface area contributed by atoms with Crippen molar-refractivity contribution >= 4 is 11.8 Å². The second-order valence-electron chi connectivity index (χ2n) is 4.35. The SMILES string of the molecule is COC(=O)NC(Nc1ccc(C)cc1)(C(F)(F)F)C(F)(F)F. The number of aryl methyl sites for hydroxylation is 1. The van der Waals surface area contributed by atoms with Crippen LogP contribution in [-0.2, 0) is 4.74 Å². The van der Waals surface area contributed by atoms with Crippen LogP contribution < -0.4 is 10.6 Å². The quantitative estimate of drug-likeness (QED) is 0.658. The summed E-state index contributed by atoms with van der Waals surface area (Å²) >= 11 is 0. The van der Waals surface area contributed by atoms with Crippen molar-refractivity contribution in [2.75, 3.05) is 12.4 Å². The van der Waals surface area contributed by atoms with E-state index in [9.17, 15) is 31.1 Å². The van der Waals surface area contributed by atoms with E-state index in [0.29, 0.717) is 12.7 Å². The van der Waals surface area contributed by atoms with Crippen molar-refractivity contribution in [3.8, 4) is 0 Å². The summed E-state index contributed by atoms with van der Waals surface area (Å²) in [6.07, 6.45) is -13.6. The number of halogens is 6. The van der Waals surface area contributed by atoms with Gasteiger partial charge in [-0.1, -0.05) is 17.7 Å². The molecule has 0 aliphatic heterocycles. The van der Waals surface area contributed by atoms with Gasteiger partial charge in [0.15, 0.2) is 0 Å². The average molecular weight is 330 g/mol. The van der Waals surface area contributed by atoms with Crippen LogP contribution >= 0.6 is 0 Å². The number of ether oxygens (including phenoxy) is 1. The van der Waals surface area contributed by atoms with Gasteiger partial charge in [-0.05, 0) is 19.1 Å². The molecule has 0 unspecified atom stereocenters. The van der Waals surface area contributed by atoms with Gasteiger partial charge >= 0.3 is 24.1 Å². The van der Waals surface area contributed by atoms with Crippen LogP contribution in [-0.4, -0.2) is 31.2 Å². The zero-order valence-corrected chi connectivity index (χ0v) is 11.4. The topological polar surface area (TPSA) is 50.4 Å². The molecule has 0 fully saturated rings. The molecule has 0 saturated heterocycles. The van der Waals surface area contributed by atoms with Gasteiger partial charge in [-0.3, -0.25) is 5.32 Å².